The predicted molar refractivity (Wildman–Crippen MR) is 110 cm³/mol. The first-order valence-electron chi connectivity index (χ1n) is 9.45. The van der Waals surface area contributed by atoms with Gasteiger partial charge in [-0.3, -0.25) is 9.50 Å². The van der Waals surface area contributed by atoms with E-state index in [4.69, 9.17) is 21.3 Å². The zero-order valence-electron chi connectivity index (χ0n) is 16.1. The summed E-state index contributed by atoms with van der Waals surface area (Å²) in [6.07, 6.45) is 7.21. The summed E-state index contributed by atoms with van der Waals surface area (Å²) >= 11 is 6.17. The quantitative estimate of drug-likeness (QED) is 0.558. The molecule has 0 amide bonds. The Balaban J connectivity index is 1.49. The summed E-state index contributed by atoms with van der Waals surface area (Å²) in [5.74, 6) is 0.667. The SMILES string of the molecule is Cc1[nH]ncc1[C@H]1CN(c2nccc(-c3cnc4ccc(Cl)cn34)n2)C[C@H](C)O1. The second-order valence-corrected chi connectivity index (χ2v) is 7.69. The molecule has 1 aliphatic heterocycles. The van der Waals surface area contributed by atoms with Gasteiger partial charge >= 0.3 is 0 Å². The number of fused-ring (bicyclic) bond motifs is 1. The second-order valence-electron chi connectivity index (χ2n) is 7.25. The van der Waals surface area contributed by atoms with Crippen molar-refractivity contribution < 1.29 is 4.74 Å². The molecule has 0 aromatic carbocycles. The summed E-state index contributed by atoms with van der Waals surface area (Å²) in [6.45, 7) is 5.44. The van der Waals surface area contributed by atoms with Gasteiger partial charge in [0, 0.05) is 30.2 Å². The van der Waals surface area contributed by atoms with Gasteiger partial charge in [-0.05, 0) is 32.0 Å². The van der Waals surface area contributed by atoms with E-state index in [1.54, 1.807) is 12.4 Å². The lowest BCUT2D eigenvalue weighted by atomic mass is 10.1. The fourth-order valence-electron chi connectivity index (χ4n) is 3.76. The lowest BCUT2D eigenvalue weighted by molar-refractivity contribution is -0.0181. The fourth-order valence-corrected chi connectivity index (χ4v) is 3.92. The Morgan fingerprint density at radius 2 is 2.07 bits per heavy atom. The minimum absolute atomic E-state index is 0.0462. The number of nitrogens with one attached hydrogen (secondary N) is 1. The summed E-state index contributed by atoms with van der Waals surface area (Å²) in [6, 6.07) is 5.59. The van der Waals surface area contributed by atoms with Crippen molar-refractivity contribution in [2.45, 2.75) is 26.1 Å². The third-order valence-corrected chi connectivity index (χ3v) is 5.36. The Morgan fingerprint density at radius 1 is 1.17 bits per heavy atom. The number of nitrogens with zero attached hydrogens (tertiary/aromatic N) is 6. The third-order valence-electron chi connectivity index (χ3n) is 5.13. The van der Waals surface area contributed by atoms with Crippen molar-refractivity contribution >= 4 is 23.2 Å². The summed E-state index contributed by atoms with van der Waals surface area (Å²) in [5.41, 5.74) is 4.56. The van der Waals surface area contributed by atoms with Crippen LogP contribution in [0.4, 0.5) is 5.95 Å². The highest BCUT2D eigenvalue weighted by atomic mass is 35.5. The van der Waals surface area contributed by atoms with Crippen LogP contribution in [0.2, 0.25) is 5.02 Å². The maximum atomic E-state index is 6.17. The Morgan fingerprint density at radius 3 is 2.90 bits per heavy atom. The molecule has 0 aliphatic carbocycles. The van der Waals surface area contributed by atoms with Gasteiger partial charge in [0.25, 0.3) is 0 Å². The topological polar surface area (TPSA) is 84.2 Å². The molecule has 0 unspecified atom stereocenters. The smallest absolute Gasteiger partial charge is 0.226 e. The number of H-pyrrole nitrogens is 1. The van der Waals surface area contributed by atoms with Crippen LogP contribution >= 0.6 is 11.6 Å². The first kappa shape index (κ1) is 18.1. The van der Waals surface area contributed by atoms with Crippen molar-refractivity contribution in [1.29, 1.82) is 0 Å². The van der Waals surface area contributed by atoms with Crippen molar-refractivity contribution in [3.63, 3.8) is 0 Å². The summed E-state index contributed by atoms with van der Waals surface area (Å²) in [4.78, 5) is 16.0. The van der Waals surface area contributed by atoms with Crippen LogP contribution in [-0.2, 0) is 4.74 Å². The normalized spacial score (nSPS) is 19.8. The van der Waals surface area contributed by atoms with E-state index < -0.39 is 0 Å². The van der Waals surface area contributed by atoms with Crippen LogP contribution in [0.3, 0.4) is 0 Å². The number of pyridine rings is 1. The van der Waals surface area contributed by atoms with E-state index in [0.717, 1.165) is 34.8 Å². The van der Waals surface area contributed by atoms with Crippen molar-refractivity contribution in [3.05, 3.63) is 59.3 Å². The van der Waals surface area contributed by atoms with Crippen LogP contribution in [0.15, 0.2) is 43.0 Å². The molecule has 9 heteroatoms. The molecule has 1 N–H and O–H groups in total. The van der Waals surface area contributed by atoms with Crippen LogP contribution in [0, 0.1) is 6.92 Å². The number of ether oxygens (including phenoxy) is 1. The standard InChI is InChI=1S/C20H20ClN7O/c1-12-9-27(11-18(29-12)15-7-24-26-13(15)2)20-22-6-5-16(25-20)17-8-23-19-4-3-14(21)10-28(17)19/h3-8,10,12,18H,9,11H2,1-2H3,(H,24,26)/t12-,18+/m0/s1. The summed E-state index contributed by atoms with van der Waals surface area (Å²) < 4.78 is 8.09. The number of hydrogen-bond donors (Lipinski definition) is 1. The van der Waals surface area contributed by atoms with Crippen molar-refractivity contribution in [2.24, 2.45) is 0 Å². The molecule has 1 saturated heterocycles. The number of aromatic amines is 1. The highest BCUT2D eigenvalue weighted by molar-refractivity contribution is 6.30. The molecular weight excluding hydrogens is 390 g/mol. The zero-order valence-corrected chi connectivity index (χ0v) is 16.8. The van der Waals surface area contributed by atoms with Crippen molar-refractivity contribution in [3.8, 4) is 11.4 Å². The van der Waals surface area contributed by atoms with E-state index in [-0.39, 0.29) is 12.2 Å². The Labute approximate surface area is 172 Å². The van der Waals surface area contributed by atoms with Gasteiger partial charge in [0.1, 0.15) is 11.8 Å². The maximum Gasteiger partial charge on any atom is 0.226 e. The molecule has 4 aromatic heterocycles. The van der Waals surface area contributed by atoms with E-state index in [0.29, 0.717) is 17.5 Å². The number of hydrogen-bond acceptors (Lipinski definition) is 6. The van der Waals surface area contributed by atoms with Gasteiger partial charge in [0.05, 0.1) is 41.5 Å². The Hall–Kier alpha value is -2.97. The van der Waals surface area contributed by atoms with Crippen molar-refractivity contribution in [2.75, 3.05) is 18.0 Å². The zero-order chi connectivity index (χ0) is 20.0. The lowest BCUT2D eigenvalue weighted by Crippen LogP contribution is -2.43. The molecule has 0 radical (unpaired) electrons. The molecule has 8 nitrogen and oxygen atoms in total. The first-order chi connectivity index (χ1) is 14.1. The number of anilines is 1. The van der Waals surface area contributed by atoms with Crippen LogP contribution in [0.1, 0.15) is 24.3 Å². The first-order valence-corrected chi connectivity index (χ1v) is 9.82. The predicted octanol–water partition coefficient (Wildman–Crippen LogP) is 3.44. The van der Waals surface area contributed by atoms with Gasteiger partial charge in [-0.25, -0.2) is 15.0 Å². The minimum Gasteiger partial charge on any atom is -0.367 e. The molecule has 148 valence electrons. The van der Waals surface area contributed by atoms with Gasteiger partial charge in [-0.2, -0.15) is 5.10 Å². The molecule has 29 heavy (non-hydrogen) atoms. The van der Waals surface area contributed by atoms with E-state index >= 15 is 0 Å². The van der Waals surface area contributed by atoms with E-state index in [1.165, 1.54) is 0 Å². The number of aromatic nitrogens is 6. The maximum absolute atomic E-state index is 6.17. The van der Waals surface area contributed by atoms with Crippen LogP contribution in [-0.4, -0.2) is 48.7 Å². The lowest BCUT2D eigenvalue weighted by Gasteiger charge is -2.36. The molecule has 4 aromatic rings. The summed E-state index contributed by atoms with van der Waals surface area (Å²) in [7, 11) is 0. The molecule has 0 bridgehead atoms. The second kappa shape index (κ2) is 7.13. The average molecular weight is 410 g/mol. The number of morpholine rings is 1. The number of halogens is 1. The molecular formula is C20H20ClN7O. The summed E-state index contributed by atoms with van der Waals surface area (Å²) in [5, 5.41) is 7.76. The van der Waals surface area contributed by atoms with Crippen LogP contribution in [0.25, 0.3) is 17.0 Å². The molecule has 0 saturated carbocycles. The van der Waals surface area contributed by atoms with Crippen LogP contribution < -0.4 is 4.90 Å². The molecule has 5 heterocycles. The molecule has 0 spiro atoms. The highest BCUT2D eigenvalue weighted by Gasteiger charge is 2.29. The van der Waals surface area contributed by atoms with Gasteiger partial charge in [0.2, 0.25) is 5.95 Å². The van der Waals surface area contributed by atoms with Crippen molar-refractivity contribution in [1.82, 2.24) is 29.5 Å². The van der Waals surface area contributed by atoms with Gasteiger partial charge in [0.15, 0.2) is 0 Å². The average Bonchev–Trinajstić information content (AvgIpc) is 3.33. The van der Waals surface area contributed by atoms with Crippen LogP contribution in [0.5, 0.6) is 0 Å². The third kappa shape index (κ3) is 3.34. The van der Waals surface area contributed by atoms with Gasteiger partial charge in [-0.15, -0.1) is 0 Å². The fraction of sp³-hybridized carbons (Fsp3) is 0.300. The number of rotatable bonds is 3. The monoisotopic (exact) mass is 409 g/mol. The van der Waals surface area contributed by atoms with E-state index in [9.17, 15) is 0 Å². The molecule has 1 fully saturated rings. The highest BCUT2D eigenvalue weighted by Crippen LogP contribution is 2.29. The number of aryl methyl sites for hydroxylation is 1. The Kier molecular flexibility index (Phi) is 4.44. The minimum atomic E-state index is -0.0839. The molecule has 1 aliphatic rings. The van der Waals surface area contributed by atoms with Gasteiger partial charge < -0.3 is 9.64 Å². The van der Waals surface area contributed by atoms with E-state index in [1.807, 2.05) is 41.9 Å². The number of imidazole rings is 1. The van der Waals surface area contributed by atoms with E-state index in [2.05, 4.69) is 32.0 Å². The largest absolute Gasteiger partial charge is 0.367 e. The van der Waals surface area contributed by atoms with Gasteiger partial charge in [-0.1, -0.05) is 11.6 Å². The molecule has 5 rings (SSSR count). The molecule has 2 atom stereocenters. The Bertz CT molecular complexity index is 1170.